The highest BCUT2D eigenvalue weighted by Crippen LogP contribution is 2.57. The molecule has 0 spiro atoms. The van der Waals surface area contributed by atoms with Gasteiger partial charge in [-0.05, 0) is 61.3 Å². The highest BCUT2D eigenvalue weighted by molar-refractivity contribution is 6.30. The molecule has 1 saturated carbocycles. The van der Waals surface area contributed by atoms with Crippen LogP contribution in [0.1, 0.15) is 57.9 Å². The topological polar surface area (TPSA) is 12.0 Å². The molecular weight excluding hydrogens is 273 g/mol. The van der Waals surface area contributed by atoms with E-state index in [1.165, 1.54) is 11.6 Å². The Morgan fingerprint density at radius 2 is 2.00 bits per heavy atom. The molecule has 0 bridgehead atoms. The summed E-state index contributed by atoms with van der Waals surface area (Å²) >= 11 is 5.95. The number of rotatable bonds is 6. The van der Waals surface area contributed by atoms with Gasteiger partial charge >= 0.3 is 0 Å². The molecular formula is C17H25ClFN. The third-order valence-electron chi connectivity index (χ3n) is 5.16. The van der Waals surface area contributed by atoms with Crippen molar-refractivity contribution in [3.63, 3.8) is 0 Å². The molecule has 1 aliphatic carbocycles. The summed E-state index contributed by atoms with van der Waals surface area (Å²) in [5.41, 5.74) is 1.48. The van der Waals surface area contributed by atoms with Crippen LogP contribution >= 0.6 is 11.6 Å². The Bertz CT molecular complexity index is 456. The van der Waals surface area contributed by atoms with Crippen LogP contribution in [0.3, 0.4) is 0 Å². The molecule has 1 nitrogen and oxygen atoms in total. The average molecular weight is 298 g/mol. The van der Waals surface area contributed by atoms with Crippen LogP contribution in [-0.2, 0) is 0 Å². The van der Waals surface area contributed by atoms with Crippen LogP contribution in [-0.4, -0.2) is 12.6 Å². The summed E-state index contributed by atoms with van der Waals surface area (Å²) in [6.07, 6.45) is 4.58. The highest BCUT2D eigenvalue weighted by atomic mass is 35.5. The van der Waals surface area contributed by atoms with Crippen molar-refractivity contribution in [2.24, 2.45) is 5.41 Å². The summed E-state index contributed by atoms with van der Waals surface area (Å²) in [5, 5.41) is 3.92. The molecule has 0 radical (unpaired) electrons. The lowest BCUT2D eigenvalue weighted by atomic mass is 9.52. The van der Waals surface area contributed by atoms with Crippen molar-refractivity contribution >= 4 is 11.6 Å². The molecule has 0 amide bonds. The first kappa shape index (κ1) is 15.8. The Hall–Kier alpha value is -0.600. The first-order valence-corrected chi connectivity index (χ1v) is 8.15. The van der Waals surface area contributed by atoms with Crippen LogP contribution in [0.5, 0.6) is 0 Å². The van der Waals surface area contributed by atoms with Gasteiger partial charge in [0.15, 0.2) is 0 Å². The van der Waals surface area contributed by atoms with Crippen molar-refractivity contribution in [3.05, 3.63) is 34.6 Å². The van der Waals surface area contributed by atoms with Crippen molar-refractivity contribution in [1.82, 2.24) is 5.32 Å². The molecule has 2 rings (SSSR count). The fourth-order valence-corrected chi connectivity index (χ4v) is 4.01. The van der Waals surface area contributed by atoms with Gasteiger partial charge in [0.2, 0.25) is 0 Å². The molecule has 2 atom stereocenters. The summed E-state index contributed by atoms with van der Waals surface area (Å²) in [5.74, 6) is 0.166. The molecule has 2 unspecified atom stereocenters. The van der Waals surface area contributed by atoms with Gasteiger partial charge in [-0.3, -0.25) is 0 Å². The van der Waals surface area contributed by atoms with Gasteiger partial charge < -0.3 is 5.32 Å². The quantitative estimate of drug-likeness (QED) is 0.766. The fourth-order valence-electron chi connectivity index (χ4n) is 3.83. The number of hydrogen-bond donors (Lipinski definition) is 1. The van der Waals surface area contributed by atoms with Gasteiger partial charge in [0.25, 0.3) is 0 Å². The summed E-state index contributed by atoms with van der Waals surface area (Å²) in [6, 6.07) is 5.80. The maximum Gasteiger partial charge on any atom is 0.141 e. The van der Waals surface area contributed by atoms with Crippen molar-refractivity contribution in [2.45, 2.75) is 58.4 Å². The predicted octanol–water partition coefficient (Wildman–Crippen LogP) is 5.14. The van der Waals surface area contributed by atoms with Gasteiger partial charge in [-0.2, -0.15) is 0 Å². The monoisotopic (exact) mass is 297 g/mol. The van der Waals surface area contributed by atoms with E-state index in [4.69, 9.17) is 11.6 Å². The van der Waals surface area contributed by atoms with Crippen LogP contribution in [0.15, 0.2) is 18.2 Å². The van der Waals surface area contributed by atoms with Gasteiger partial charge in [0, 0.05) is 6.04 Å². The number of nitrogens with one attached hydrogen (secondary N) is 1. The first-order valence-electron chi connectivity index (χ1n) is 7.77. The minimum Gasteiger partial charge on any atom is -0.313 e. The molecule has 0 saturated heterocycles. The molecule has 3 heteroatoms. The van der Waals surface area contributed by atoms with E-state index in [-0.39, 0.29) is 16.3 Å². The molecule has 112 valence electrons. The van der Waals surface area contributed by atoms with Gasteiger partial charge in [0.05, 0.1) is 5.02 Å². The van der Waals surface area contributed by atoms with Crippen LogP contribution in [0.4, 0.5) is 4.39 Å². The van der Waals surface area contributed by atoms with Crippen molar-refractivity contribution in [2.75, 3.05) is 6.54 Å². The van der Waals surface area contributed by atoms with E-state index in [1.54, 1.807) is 0 Å². The molecule has 20 heavy (non-hydrogen) atoms. The minimum absolute atomic E-state index is 0.244. The zero-order valence-corrected chi connectivity index (χ0v) is 13.4. The largest absolute Gasteiger partial charge is 0.313 e. The van der Waals surface area contributed by atoms with E-state index >= 15 is 0 Å². The second kappa shape index (κ2) is 6.44. The third-order valence-corrected chi connectivity index (χ3v) is 5.45. The zero-order chi connectivity index (χ0) is 14.8. The molecule has 0 heterocycles. The summed E-state index contributed by atoms with van der Waals surface area (Å²) in [7, 11) is 0. The normalized spacial score (nSPS) is 24.4. The van der Waals surface area contributed by atoms with E-state index in [0.717, 1.165) is 32.2 Å². The minimum atomic E-state index is -0.325. The molecule has 1 N–H and O–H groups in total. The number of halogens is 2. The lowest BCUT2D eigenvalue weighted by Gasteiger charge is -2.57. The second-order valence-electron chi connectivity index (χ2n) is 5.91. The lowest BCUT2D eigenvalue weighted by molar-refractivity contribution is 0.0201. The maximum atomic E-state index is 13.3. The Labute approximate surface area is 126 Å². The highest BCUT2D eigenvalue weighted by Gasteiger charge is 2.52. The molecule has 0 aromatic heterocycles. The molecule has 1 aliphatic rings. The number of benzene rings is 1. The van der Waals surface area contributed by atoms with Crippen molar-refractivity contribution in [1.29, 1.82) is 0 Å². The Balaban J connectivity index is 2.21. The van der Waals surface area contributed by atoms with E-state index in [9.17, 15) is 4.39 Å². The van der Waals surface area contributed by atoms with E-state index < -0.39 is 0 Å². The maximum absolute atomic E-state index is 13.3. The van der Waals surface area contributed by atoms with Gasteiger partial charge in [-0.1, -0.05) is 38.4 Å². The standard InChI is InChI=1S/C17H25ClFN/c1-4-9-20-16-11-13(17(16,5-2)6-3)12-7-8-15(19)14(18)10-12/h7-8,10,13,16,20H,4-6,9,11H2,1-3H3. The summed E-state index contributed by atoms with van der Waals surface area (Å²) in [4.78, 5) is 0. The summed E-state index contributed by atoms with van der Waals surface area (Å²) < 4.78 is 13.3. The Kier molecular flexibility index (Phi) is 5.09. The van der Waals surface area contributed by atoms with Crippen LogP contribution < -0.4 is 5.32 Å². The number of hydrogen-bond acceptors (Lipinski definition) is 1. The van der Waals surface area contributed by atoms with E-state index in [1.807, 2.05) is 12.1 Å². The SMILES string of the molecule is CCCNC1CC(c2ccc(F)c(Cl)c2)C1(CC)CC. The van der Waals surface area contributed by atoms with Crippen molar-refractivity contribution < 1.29 is 4.39 Å². The molecule has 1 aromatic rings. The Morgan fingerprint density at radius 1 is 1.30 bits per heavy atom. The van der Waals surface area contributed by atoms with Gasteiger partial charge in [-0.25, -0.2) is 4.39 Å². The Morgan fingerprint density at radius 3 is 2.55 bits per heavy atom. The van der Waals surface area contributed by atoms with Crippen molar-refractivity contribution in [3.8, 4) is 0 Å². The second-order valence-corrected chi connectivity index (χ2v) is 6.32. The molecule has 1 aromatic carbocycles. The van der Waals surface area contributed by atoms with Crippen LogP contribution in [0, 0.1) is 11.2 Å². The fraction of sp³-hybridized carbons (Fsp3) is 0.647. The average Bonchev–Trinajstić information content (AvgIpc) is 2.43. The van der Waals surface area contributed by atoms with E-state index in [2.05, 4.69) is 26.1 Å². The van der Waals surface area contributed by atoms with Gasteiger partial charge in [0.1, 0.15) is 5.82 Å². The third kappa shape index (κ3) is 2.60. The predicted molar refractivity (Wildman–Crippen MR) is 83.9 cm³/mol. The molecule has 0 aliphatic heterocycles. The van der Waals surface area contributed by atoms with Crippen LogP contribution in [0.25, 0.3) is 0 Å². The summed E-state index contributed by atoms with van der Waals surface area (Å²) in [6.45, 7) is 7.80. The lowest BCUT2D eigenvalue weighted by Crippen LogP contribution is -2.58. The smallest absolute Gasteiger partial charge is 0.141 e. The van der Waals surface area contributed by atoms with Crippen LogP contribution in [0.2, 0.25) is 5.02 Å². The van der Waals surface area contributed by atoms with E-state index in [0.29, 0.717) is 12.0 Å². The first-order chi connectivity index (χ1) is 9.58. The molecule has 1 fully saturated rings. The zero-order valence-electron chi connectivity index (χ0n) is 12.7. The van der Waals surface area contributed by atoms with Gasteiger partial charge in [-0.15, -0.1) is 0 Å².